The molecule has 0 spiro atoms. The first-order valence-electron chi connectivity index (χ1n) is 8.58. The molecule has 2 amide bonds. The van der Waals surface area contributed by atoms with E-state index >= 15 is 0 Å². The van der Waals surface area contributed by atoms with Crippen molar-refractivity contribution >= 4 is 27.5 Å². The molecule has 0 saturated carbocycles. The molecule has 1 saturated heterocycles. The van der Waals surface area contributed by atoms with Gasteiger partial charge in [0.2, 0.25) is 21.8 Å². The van der Waals surface area contributed by atoms with Gasteiger partial charge in [-0.05, 0) is 37.5 Å². The van der Waals surface area contributed by atoms with Crippen molar-refractivity contribution in [1.29, 1.82) is 0 Å². The van der Waals surface area contributed by atoms with Gasteiger partial charge in [-0.3, -0.25) is 9.59 Å². The van der Waals surface area contributed by atoms with E-state index in [9.17, 15) is 18.0 Å². The average Bonchev–Trinajstić information content (AvgIpc) is 2.61. The van der Waals surface area contributed by atoms with Crippen LogP contribution < -0.4 is 15.8 Å². The molecule has 26 heavy (non-hydrogen) atoms. The molecular weight excluding hydrogens is 358 g/mol. The summed E-state index contributed by atoms with van der Waals surface area (Å²) in [6.07, 6.45) is 2.44. The lowest BCUT2D eigenvalue weighted by Crippen LogP contribution is -2.50. The van der Waals surface area contributed by atoms with Crippen molar-refractivity contribution in [3.63, 3.8) is 0 Å². The van der Waals surface area contributed by atoms with Gasteiger partial charge in [-0.25, -0.2) is 8.42 Å². The smallest absolute Gasteiger partial charge is 0.248 e. The Morgan fingerprint density at radius 2 is 2.08 bits per heavy atom. The number of carbonyl (C=O) groups excluding carboxylic acids is 2. The van der Waals surface area contributed by atoms with Crippen molar-refractivity contribution in [2.45, 2.75) is 38.6 Å². The van der Waals surface area contributed by atoms with Gasteiger partial charge in [-0.2, -0.15) is 4.31 Å². The number of piperidine rings is 1. The van der Waals surface area contributed by atoms with Crippen molar-refractivity contribution in [2.75, 3.05) is 24.7 Å². The normalized spacial score (nSPS) is 18.3. The predicted octanol–water partition coefficient (Wildman–Crippen LogP) is 1.33. The summed E-state index contributed by atoms with van der Waals surface area (Å²) >= 11 is 0. The SMILES string of the molecule is CCCS(=O)(=O)N1CCCCC1C(=O)Nc1cc(C(N)=O)ccc1OC. The van der Waals surface area contributed by atoms with Crippen LogP contribution in [0.3, 0.4) is 0 Å². The van der Waals surface area contributed by atoms with Crippen LogP contribution in [0.2, 0.25) is 0 Å². The summed E-state index contributed by atoms with van der Waals surface area (Å²) in [4.78, 5) is 24.2. The quantitative estimate of drug-likeness (QED) is 0.736. The van der Waals surface area contributed by atoms with E-state index in [0.29, 0.717) is 25.1 Å². The maximum Gasteiger partial charge on any atom is 0.248 e. The highest BCUT2D eigenvalue weighted by atomic mass is 32.2. The maximum atomic E-state index is 12.8. The average molecular weight is 383 g/mol. The fraction of sp³-hybridized carbons (Fsp3) is 0.529. The van der Waals surface area contributed by atoms with Crippen LogP contribution in [-0.2, 0) is 14.8 Å². The highest BCUT2D eigenvalue weighted by molar-refractivity contribution is 7.89. The molecule has 0 radical (unpaired) electrons. The highest BCUT2D eigenvalue weighted by Crippen LogP contribution is 2.28. The zero-order valence-electron chi connectivity index (χ0n) is 15.0. The largest absolute Gasteiger partial charge is 0.495 e. The van der Waals surface area contributed by atoms with Crippen LogP contribution >= 0.6 is 0 Å². The summed E-state index contributed by atoms with van der Waals surface area (Å²) < 4.78 is 31.5. The van der Waals surface area contributed by atoms with Crippen LogP contribution in [0, 0.1) is 0 Å². The van der Waals surface area contributed by atoms with Gasteiger partial charge in [0, 0.05) is 12.1 Å². The van der Waals surface area contributed by atoms with Crippen molar-refractivity contribution in [1.82, 2.24) is 4.31 Å². The predicted molar refractivity (Wildman–Crippen MR) is 98.6 cm³/mol. The van der Waals surface area contributed by atoms with Gasteiger partial charge in [0.1, 0.15) is 11.8 Å². The highest BCUT2D eigenvalue weighted by Gasteiger charge is 2.36. The van der Waals surface area contributed by atoms with Gasteiger partial charge in [-0.15, -0.1) is 0 Å². The molecule has 9 heteroatoms. The summed E-state index contributed by atoms with van der Waals surface area (Å²) in [6, 6.07) is 3.67. The molecule has 144 valence electrons. The second-order valence-electron chi connectivity index (χ2n) is 6.21. The fourth-order valence-corrected chi connectivity index (χ4v) is 4.80. The second-order valence-corrected chi connectivity index (χ2v) is 8.25. The number of sulfonamides is 1. The molecule has 1 aromatic rings. The number of benzene rings is 1. The summed E-state index contributed by atoms with van der Waals surface area (Å²) in [6.45, 7) is 2.12. The van der Waals surface area contributed by atoms with Crippen molar-refractivity contribution < 1.29 is 22.7 Å². The number of nitrogens with two attached hydrogens (primary N) is 1. The number of nitrogens with zero attached hydrogens (tertiary/aromatic N) is 1. The molecule has 8 nitrogen and oxygen atoms in total. The minimum Gasteiger partial charge on any atom is -0.495 e. The number of methoxy groups -OCH3 is 1. The van der Waals surface area contributed by atoms with Gasteiger partial charge in [-0.1, -0.05) is 13.3 Å². The Morgan fingerprint density at radius 3 is 2.69 bits per heavy atom. The maximum absolute atomic E-state index is 12.8. The third kappa shape index (κ3) is 4.53. The Balaban J connectivity index is 2.27. The molecule has 1 aliphatic heterocycles. The van der Waals surface area contributed by atoms with E-state index in [0.717, 1.165) is 12.8 Å². The van der Waals surface area contributed by atoms with E-state index < -0.39 is 27.9 Å². The number of hydrogen-bond donors (Lipinski definition) is 2. The molecule has 1 fully saturated rings. The summed E-state index contributed by atoms with van der Waals surface area (Å²) in [5.74, 6) is -0.698. The Morgan fingerprint density at radius 1 is 1.35 bits per heavy atom. The molecule has 1 unspecified atom stereocenters. The Hall–Kier alpha value is -2.13. The van der Waals surface area contributed by atoms with Crippen molar-refractivity contribution in [2.24, 2.45) is 5.73 Å². The third-order valence-electron chi connectivity index (χ3n) is 4.32. The molecule has 0 aromatic heterocycles. The van der Waals surface area contributed by atoms with Crippen LogP contribution in [-0.4, -0.2) is 50.0 Å². The van der Waals surface area contributed by atoms with E-state index in [1.54, 1.807) is 6.92 Å². The summed E-state index contributed by atoms with van der Waals surface area (Å²) in [5, 5.41) is 2.69. The Kier molecular flexibility index (Phi) is 6.60. The number of amides is 2. The number of primary amides is 1. The van der Waals surface area contributed by atoms with Gasteiger partial charge in [0.15, 0.2) is 0 Å². The van der Waals surface area contributed by atoms with E-state index in [2.05, 4.69) is 5.32 Å². The topological polar surface area (TPSA) is 119 Å². The van der Waals surface area contributed by atoms with Gasteiger partial charge < -0.3 is 15.8 Å². The standard InChI is InChI=1S/C17H25N3O5S/c1-3-10-26(23,24)20-9-5-4-6-14(20)17(22)19-13-11-12(16(18)21)7-8-15(13)25-2/h7-8,11,14H,3-6,9-10H2,1-2H3,(H2,18,21)(H,19,22). The molecule has 1 aliphatic rings. The first-order valence-corrected chi connectivity index (χ1v) is 10.2. The molecular formula is C17H25N3O5S. The number of nitrogens with one attached hydrogen (secondary N) is 1. The first kappa shape index (κ1) is 20.2. The monoisotopic (exact) mass is 383 g/mol. The second kappa shape index (κ2) is 8.50. The molecule has 2 rings (SSSR count). The Bertz CT molecular complexity index is 779. The van der Waals surface area contributed by atoms with Crippen LogP contribution in [0.4, 0.5) is 5.69 Å². The number of ether oxygens (including phenoxy) is 1. The van der Waals surface area contributed by atoms with Gasteiger partial charge >= 0.3 is 0 Å². The number of carbonyl (C=O) groups is 2. The molecule has 1 aromatic carbocycles. The summed E-state index contributed by atoms with van der Waals surface area (Å²) in [5.41, 5.74) is 5.79. The van der Waals surface area contributed by atoms with Crippen molar-refractivity contribution in [3.05, 3.63) is 23.8 Å². The number of hydrogen-bond acceptors (Lipinski definition) is 5. The zero-order chi connectivity index (χ0) is 19.3. The van der Waals surface area contributed by atoms with Crippen LogP contribution in [0.15, 0.2) is 18.2 Å². The molecule has 0 aliphatic carbocycles. The van der Waals surface area contributed by atoms with Crippen molar-refractivity contribution in [3.8, 4) is 5.75 Å². The third-order valence-corrected chi connectivity index (χ3v) is 6.39. The Labute approximate surface area is 153 Å². The minimum atomic E-state index is -3.49. The van der Waals surface area contributed by atoms with Crippen LogP contribution in [0.25, 0.3) is 0 Å². The fourth-order valence-electron chi connectivity index (χ4n) is 3.05. The van der Waals surface area contributed by atoms with Crippen LogP contribution in [0.1, 0.15) is 43.0 Å². The molecule has 1 atom stereocenters. The lowest BCUT2D eigenvalue weighted by atomic mass is 10.0. The summed E-state index contributed by atoms with van der Waals surface area (Å²) in [7, 11) is -2.05. The van der Waals surface area contributed by atoms with E-state index in [-0.39, 0.29) is 17.0 Å². The van der Waals surface area contributed by atoms with Crippen LogP contribution in [0.5, 0.6) is 5.75 Å². The van der Waals surface area contributed by atoms with E-state index in [1.165, 1.54) is 29.6 Å². The zero-order valence-corrected chi connectivity index (χ0v) is 15.8. The molecule has 0 bridgehead atoms. The number of anilines is 1. The minimum absolute atomic E-state index is 0.0112. The van der Waals surface area contributed by atoms with Gasteiger partial charge in [0.25, 0.3) is 0 Å². The lowest BCUT2D eigenvalue weighted by Gasteiger charge is -2.33. The number of rotatable bonds is 7. The molecule has 3 N–H and O–H groups in total. The van der Waals surface area contributed by atoms with E-state index in [1.807, 2.05) is 0 Å². The lowest BCUT2D eigenvalue weighted by molar-refractivity contribution is -0.120. The first-order chi connectivity index (χ1) is 12.3. The van der Waals surface area contributed by atoms with E-state index in [4.69, 9.17) is 10.5 Å². The molecule has 1 heterocycles. The van der Waals surface area contributed by atoms with Gasteiger partial charge in [0.05, 0.1) is 18.6 Å².